The van der Waals surface area contributed by atoms with Crippen molar-refractivity contribution in [1.29, 1.82) is 0 Å². The fourth-order valence-corrected chi connectivity index (χ4v) is 2.36. The minimum absolute atomic E-state index is 0.211. The van der Waals surface area contributed by atoms with Crippen LogP contribution in [-0.4, -0.2) is 44.5 Å². The number of amides is 1. The lowest BCUT2D eigenvalue weighted by Gasteiger charge is -2.33. The van der Waals surface area contributed by atoms with Crippen molar-refractivity contribution in [2.75, 3.05) is 25.2 Å². The van der Waals surface area contributed by atoms with Gasteiger partial charge < -0.3 is 14.2 Å². The Morgan fingerprint density at radius 1 is 1.48 bits per heavy atom. The van der Waals surface area contributed by atoms with E-state index in [0.29, 0.717) is 35.6 Å². The molecular formula is C16H19NO6. The molecule has 0 aliphatic carbocycles. The van der Waals surface area contributed by atoms with Crippen molar-refractivity contribution in [2.45, 2.75) is 26.3 Å². The van der Waals surface area contributed by atoms with Gasteiger partial charge in [-0.3, -0.25) is 14.5 Å². The number of carbonyl (C=O) groups is 3. The van der Waals surface area contributed by atoms with Crippen LogP contribution in [0.4, 0.5) is 5.69 Å². The Morgan fingerprint density at radius 2 is 2.22 bits per heavy atom. The summed E-state index contributed by atoms with van der Waals surface area (Å²) in [6.07, 6.45) is 1.43. The zero-order chi connectivity index (χ0) is 17.0. The molecule has 0 N–H and O–H groups in total. The Labute approximate surface area is 134 Å². The second-order valence-corrected chi connectivity index (χ2v) is 5.09. The van der Waals surface area contributed by atoms with Gasteiger partial charge in [-0.1, -0.05) is 6.92 Å². The van der Waals surface area contributed by atoms with E-state index in [0.717, 1.165) is 6.42 Å². The Kier molecular flexibility index (Phi) is 5.20. The van der Waals surface area contributed by atoms with Crippen molar-refractivity contribution < 1.29 is 28.6 Å². The lowest BCUT2D eigenvalue weighted by Crippen LogP contribution is -2.48. The summed E-state index contributed by atoms with van der Waals surface area (Å²) >= 11 is 0. The number of benzene rings is 1. The zero-order valence-electron chi connectivity index (χ0n) is 13.3. The number of anilines is 1. The molecule has 2 rings (SSSR count). The van der Waals surface area contributed by atoms with Gasteiger partial charge in [0.05, 0.1) is 19.4 Å². The maximum absolute atomic E-state index is 12.2. The minimum Gasteiger partial charge on any atom is -0.490 e. The summed E-state index contributed by atoms with van der Waals surface area (Å²) in [4.78, 5) is 36.5. The van der Waals surface area contributed by atoms with E-state index in [4.69, 9.17) is 14.2 Å². The van der Waals surface area contributed by atoms with Gasteiger partial charge in [-0.15, -0.1) is 0 Å². The van der Waals surface area contributed by atoms with Crippen molar-refractivity contribution in [3.63, 3.8) is 0 Å². The summed E-state index contributed by atoms with van der Waals surface area (Å²) in [5, 5.41) is 0. The normalized spacial score (nSPS) is 14.6. The molecule has 1 aliphatic rings. The molecule has 0 fully saturated rings. The van der Waals surface area contributed by atoms with Crippen LogP contribution in [0.2, 0.25) is 0 Å². The second-order valence-electron chi connectivity index (χ2n) is 5.09. The zero-order valence-corrected chi connectivity index (χ0v) is 13.3. The molecule has 0 bridgehead atoms. The lowest BCUT2D eigenvalue weighted by molar-refractivity contribution is -0.143. The van der Waals surface area contributed by atoms with Gasteiger partial charge in [0.1, 0.15) is 12.3 Å². The van der Waals surface area contributed by atoms with Crippen LogP contribution in [0.3, 0.4) is 0 Å². The third-order valence-electron chi connectivity index (χ3n) is 3.45. The smallest absolute Gasteiger partial charge is 0.328 e. The standard InChI is InChI=1S/C16H19NO6/c1-4-5-22-13-7-11(8-18)6-12-15(13)23-9-14(19)17(12)10(2)16(20)21-3/h6-8,10H,4-5,9H2,1-3H3. The van der Waals surface area contributed by atoms with E-state index >= 15 is 0 Å². The van der Waals surface area contributed by atoms with Crippen molar-refractivity contribution >= 4 is 23.9 Å². The first-order valence-corrected chi connectivity index (χ1v) is 7.32. The molecular weight excluding hydrogens is 302 g/mol. The average Bonchev–Trinajstić information content (AvgIpc) is 2.57. The topological polar surface area (TPSA) is 82.1 Å². The van der Waals surface area contributed by atoms with Gasteiger partial charge in [0.2, 0.25) is 0 Å². The van der Waals surface area contributed by atoms with Crippen LogP contribution in [0.25, 0.3) is 0 Å². The quantitative estimate of drug-likeness (QED) is 0.584. The van der Waals surface area contributed by atoms with E-state index in [1.54, 1.807) is 13.0 Å². The molecule has 0 aromatic heterocycles. The number of methoxy groups -OCH3 is 1. The highest BCUT2D eigenvalue weighted by Crippen LogP contribution is 2.42. The summed E-state index contributed by atoms with van der Waals surface area (Å²) in [6.45, 7) is 3.74. The third kappa shape index (κ3) is 3.28. The molecule has 1 aromatic rings. The number of ether oxygens (including phenoxy) is 3. The molecule has 1 unspecified atom stereocenters. The SMILES string of the molecule is CCCOc1cc(C=O)cc2c1OCC(=O)N2C(C)C(=O)OC. The highest BCUT2D eigenvalue weighted by molar-refractivity contribution is 6.04. The van der Waals surface area contributed by atoms with E-state index < -0.39 is 12.0 Å². The van der Waals surface area contributed by atoms with Gasteiger partial charge in [0.25, 0.3) is 5.91 Å². The number of nitrogens with zero attached hydrogens (tertiary/aromatic N) is 1. The van der Waals surface area contributed by atoms with Gasteiger partial charge in [-0.05, 0) is 25.5 Å². The molecule has 23 heavy (non-hydrogen) atoms. The first-order chi connectivity index (χ1) is 11.0. The molecule has 1 atom stereocenters. The maximum Gasteiger partial charge on any atom is 0.328 e. The van der Waals surface area contributed by atoms with E-state index in [2.05, 4.69) is 0 Å². The van der Waals surface area contributed by atoms with Crippen molar-refractivity contribution in [3.8, 4) is 11.5 Å². The van der Waals surface area contributed by atoms with Gasteiger partial charge in [-0.25, -0.2) is 4.79 Å². The Balaban J connectivity index is 2.53. The van der Waals surface area contributed by atoms with Gasteiger partial charge in [-0.2, -0.15) is 0 Å². The van der Waals surface area contributed by atoms with Crippen molar-refractivity contribution in [1.82, 2.24) is 0 Å². The van der Waals surface area contributed by atoms with Gasteiger partial charge in [0.15, 0.2) is 18.1 Å². The molecule has 0 radical (unpaired) electrons. The highest BCUT2D eigenvalue weighted by atomic mass is 16.5. The molecule has 0 spiro atoms. The molecule has 1 aromatic carbocycles. The fourth-order valence-electron chi connectivity index (χ4n) is 2.36. The number of carbonyl (C=O) groups excluding carboxylic acids is 3. The fraction of sp³-hybridized carbons (Fsp3) is 0.438. The predicted molar refractivity (Wildman–Crippen MR) is 82.1 cm³/mol. The summed E-state index contributed by atoms with van der Waals surface area (Å²) < 4.78 is 15.8. The first kappa shape index (κ1) is 16.8. The molecule has 1 heterocycles. The van der Waals surface area contributed by atoms with Crippen LogP contribution < -0.4 is 14.4 Å². The van der Waals surface area contributed by atoms with E-state index in [1.165, 1.54) is 18.1 Å². The van der Waals surface area contributed by atoms with E-state index in [1.807, 2.05) is 6.92 Å². The molecule has 1 amide bonds. The first-order valence-electron chi connectivity index (χ1n) is 7.32. The number of rotatable bonds is 6. The molecule has 1 aliphatic heterocycles. The van der Waals surface area contributed by atoms with E-state index in [-0.39, 0.29) is 12.5 Å². The second kappa shape index (κ2) is 7.13. The maximum atomic E-state index is 12.2. The van der Waals surface area contributed by atoms with Crippen LogP contribution in [0, 0.1) is 0 Å². The van der Waals surface area contributed by atoms with Crippen LogP contribution >= 0.6 is 0 Å². The van der Waals surface area contributed by atoms with Crippen LogP contribution in [0.1, 0.15) is 30.6 Å². The number of esters is 1. The Bertz CT molecular complexity index is 627. The third-order valence-corrected chi connectivity index (χ3v) is 3.45. The van der Waals surface area contributed by atoms with Gasteiger partial charge in [0, 0.05) is 5.56 Å². The minimum atomic E-state index is -0.837. The summed E-state index contributed by atoms with van der Waals surface area (Å²) in [6, 6.07) is 2.21. The number of hydrogen-bond acceptors (Lipinski definition) is 6. The number of fused-ring (bicyclic) bond motifs is 1. The monoisotopic (exact) mass is 321 g/mol. The predicted octanol–water partition coefficient (Wildman–Crippen LogP) is 1.57. The molecule has 0 saturated carbocycles. The van der Waals surface area contributed by atoms with Crippen LogP contribution in [0.15, 0.2) is 12.1 Å². The molecule has 7 nitrogen and oxygen atoms in total. The Hall–Kier alpha value is -2.57. The number of aldehydes is 1. The van der Waals surface area contributed by atoms with E-state index in [9.17, 15) is 14.4 Å². The van der Waals surface area contributed by atoms with Crippen molar-refractivity contribution in [3.05, 3.63) is 17.7 Å². The Morgan fingerprint density at radius 3 is 2.83 bits per heavy atom. The molecule has 0 saturated heterocycles. The van der Waals surface area contributed by atoms with Crippen LogP contribution in [0.5, 0.6) is 11.5 Å². The van der Waals surface area contributed by atoms with Crippen molar-refractivity contribution in [2.24, 2.45) is 0 Å². The van der Waals surface area contributed by atoms with Crippen LogP contribution in [-0.2, 0) is 14.3 Å². The molecule has 7 heteroatoms. The summed E-state index contributed by atoms with van der Waals surface area (Å²) in [7, 11) is 1.25. The van der Waals surface area contributed by atoms with Gasteiger partial charge >= 0.3 is 5.97 Å². The largest absolute Gasteiger partial charge is 0.490 e. The highest BCUT2D eigenvalue weighted by Gasteiger charge is 2.35. The summed E-state index contributed by atoms with van der Waals surface area (Å²) in [5.41, 5.74) is 0.657. The number of hydrogen-bond donors (Lipinski definition) is 0. The molecule has 124 valence electrons. The lowest BCUT2D eigenvalue weighted by atomic mass is 10.1. The summed E-state index contributed by atoms with van der Waals surface area (Å²) in [5.74, 6) is -0.223. The average molecular weight is 321 g/mol.